The number of hydrogen-bond donors (Lipinski definition) is 1. The average molecular weight is 297 g/mol. The zero-order valence-corrected chi connectivity index (χ0v) is 13.4. The van der Waals surface area contributed by atoms with Crippen LogP contribution in [0.5, 0.6) is 0 Å². The van der Waals surface area contributed by atoms with Gasteiger partial charge in [0, 0.05) is 32.3 Å². The summed E-state index contributed by atoms with van der Waals surface area (Å²) in [5.74, 6) is 0.705. The van der Waals surface area contributed by atoms with Crippen LogP contribution in [-0.4, -0.2) is 50.7 Å². The smallest absolute Gasteiger partial charge is 0.0939 e. The lowest BCUT2D eigenvalue weighted by Crippen LogP contribution is -2.48. The van der Waals surface area contributed by atoms with Crippen molar-refractivity contribution in [3.63, 3.8) is 0 Å². The van der Waals surface area contributed by atoms with E-state index in [1.165, 1.54) is 32.1 Å². The largest absolute Gasteiger partial charge is 0.378 e. The van der Waals surface area contributed by atoms with Crippen LogP contribution in [0.4, 0.5) is 0 Å². The highest BCUT2D eigenvalue weighted by molar-refractivity contribution is 4.94. The summed E-state index contributed by atoms with van der Waals surface area (Å²) in [5.41, 5.74) is 0.0194. The maximum absolute atomic E-state index is 6.10. The van der Waals surface area contributed by atoms with Gasteiger partial charge in [-0.15, -0.1) is 0 Å². The van der Waals surface area contributed by atoms with E-state index in [-0.39, 0.29) is 5.60 Å². The van der Waals surface area contributed by atoms with Crippen LogP contribution in [0.2, 0.25) is 0 Å². The molecule has 122 valence electrons. The minimum Gasteiger partial charge on any atom is -0.378 e. The third-order valence-electron chi connectivity index (χ3n) is 5.36. The molecule has 21 heavy (non-hydrogen) atoms. The highest BCUT2D eigenvalue weighted by Crippen LogP contribution is 2.38. The molecule has 0 aromatic rings. The zero-order valence-electron chi connectivity index (χ0n) is 13.4. The van der Waals surface area contributed by atoms with Gasteiger partial charge in [-0.2, -0.15) is 0 Å². The van der Waals surface area contributed by atoms with Gasteiger partial charge in [-0.05, 0) is 51.0 Å². The first kappa shape index (κ1) is 15.7. The van der Waals surface area contributed by atoms with Gasteiger partial charge in [0.05, 0.1) is 18.3 Å². The molecule has 0 aromatic carbocycles. The third kappa shape index (κ3) is 3.98. The van der Waals surface area contributed by atoms with E-state index in [0.29, 0.717) is 18.1 Å². The van der Waals surface area contributed by atoms with Gasteiger partial charge in [0.15, 0.2) is 0 Å². The molecule has 3 aliphatic rings. The molecule has 3 aliphatic heterocycles. The Morgan fingerprint density at radius 2 is 2.19 bits per heavy atom. The Hall–Kier alpha value is -0.160. The van der Waals surface area contributed by atoms with Crippen LogP contribution in [0, 0.1) is 5.92 Å². The van der Waals surface area contributed by atoms with Gasteiger partial charge in [-0.1, -0.05) is 6.92 Å². The van der Waals surface area contributed by atoms with Crippen molar-refractivity contribution in [3.05, 3.63) is 0 Å². The third-order valence-corrected chi connectivity index (χ3v) is 5.36. The molecule has 0 saturated carbocycles. The van der Waals surface area contributed by atoms with Crippen molar-refractivity contribution in [2.75, 3.05) is 33.0 Å². The zero-order chi connectivity index (χ0) is 14.5. The molecule has 4 atom stereocenters. The summed E-state index contributed by atoms with van der Waals surface area (Å²) in [6, 6.07) is 0.578. The summed E-state index contributed by atoms with van der Waals surface area (Å²) >= 11 is 0. The van der Waals surface area contributed by atoms with Crippen LogP contribution in [-0.2, 0) is 14.2 Å². The van der Waals surface area contributed by atoms with Crippen molar-refractivity contribution < 1.29 is 14.2 Å². The van der Waals surface area contributed by atoms with E-state index >= 15 is 0 Å². The van der Waals surface area contributed by atoms with E-state index in [9.17, 15) is 0 Å². The minimum atomic E-state index is 0.0194. The van der Waals surface area contributed by atoms with Crippen LogP contribution in [0.25, 0.3) is 0 Å². The number of rotatable bonds is 6. The van der Waals surface area contributed by atoms with E-state index in [4.69, 9.17) is 14.2 Å². The fourth-order valence-corrected chi connectivity index (χ4v) is 4.16. The van der Waals surface area contributed by atoms with Gasteiger partial charge in [0.1, 0.15) is 0 Å². The lowest BCUT2D eigenvalue weighted by molar-refractivity contribution is -0.105. The van der Waals surface area contributed by atoms with Crippen molar-refractivity contribution >= 4 is 0 Å². The van der Waals surface area contributed by atoms with Crippen LogP contribution in [0.1, 0.15) is 51.9 Å². The average Bonchev–Trinajstić information content (AvgIpc) is 3.16. The molecular formula is C17H31NO3. The number of ether oxygens (including phenoxy) is 3. The van der Waals surface area contributed by atoms with E-state index in [2.05, 4.69) is 12.2 Å². The van der Waals surface area contributed by atoms with Crippen molar-refractivity contribution in [1.29, 1.82) is 0 Å². The molecule has 0 amide bonds. The highest BCUT2D eigenvalue weighted by atomic mass is 16.6. The van der Waals surface area contributed by atoms with E-state index < -0.39 is 0 Å². The fraction of sp³-hybridized carbons (Fsp3) is 1.00. The molecular weight excluding hydrogens is 266 g/mol. The summed E-state index contributed by atoms with van der Waals surface area (Å²) in [6.45, 7) is 6.86. The second-order valence-electron chi connectivity index (χ2n) is 7.02. The Labute approximate surface area is 128 Å². The van der Waals surface area contributed by atoms with Gasteiger partial charge < -0.3 is 19.5 Å². The molecule has 0 radical (unpaired) electrons. The standard InChI is InChI=1S/C17H31NO3/c1-2-7-18-16(11-15-4-3-8-20-15)14-5-9-21-17(12-14)6-10-19-13-17/h14-16,18H,2-13H2,1H3. The Morgan fingerprint density at radius 3 is 2.90 bits per heavy atom. The highest BCUT2D eigenvalue weighted by Gasteiger charge is 2.43. The molecule has 1 spiro atoms. The Balaban J connectivity index is 1.60. The summed E-state index contributed by atoms with van der Waals surface area (Å²) < 4.78 is 17.6. The lowest BCUT2D eigenvalue weighted by Gasteiger charge is -2.41. The molecule has 3 fully saturated rings. The van der Waals surface area contributed by atoms with Crippen LogP contribution in [0.15, 0.2) is 0 Å². The molecule has 3 heterocycles. The predicted molar refractivity (Wildman–Crippen MR) is 82.5 cm³/mol. The fourth-order valence-electron chi connectivity index (χ4n) is 4.16. The normalized spacial score (nSPS) is 38.1. The van der Waals surface area contributed by atoms with Crippen molar-refractivity contribution in [3.8, 4) is 0 Å². The van der Waals surface area contributed by atoms with Crippen molar-refractivity contribution in [2.24, 2.45) is 5.92 Å². The molecule has 3 saturated heterocycles. The first-order valence-corrected chi connectivity index (χ1v) is 8.88. The quantitative estimate of drug-likeness (QED) is 0.818. The topological polar surface area (TPSA) is 39.7 Å². The van der Waals surface area contributed by atoms with E-state index in [1.807, 2.05) is 0 Å². The number of hydrogen-bond acceptors (Lipinski definition) is 4. The Bertz CT molecular complexity index is 311. The Kier molecular flexibility index (Phi) is 5.54. The number of nitrogens with one attached hydrogen (secondary N) is 1. The van der Waals surface area contributed by atoms with E-state index in [0.717, 1.165) is 45.8 Å². The molecule has 4 nitrogen and oxygen atoms in total. The lowest BCUT2D eigenvalue weighted by atomic mass is 9.79. The molecule has 3 rings (SSSR count). The van der Waals surface area contributed by atoms with Gasteiger partial charge in [0.2, 0.25) is 0 Å². The predicted octanol–water partition coefficient (Wildman–Crippen LogP) is 2.51. The first-order valence-electron chi connectivity index (χ1n) is 8.88. The monoisotopic (exact) mass is 297 g/mol. The molecule has 0 aliphatic carbocycles. The van der Waals surface area contributed by atoms with Gasteiger partial charge >= 0.3 is 0 Å². The SMILES string of the molecule is CCCNC(CC1CCCO1)C1CCOC2(CCOC2)C1. The van der Waals surface area contributed by atoms with Crippen molar-refractivity contribution in [1.82, 2.24) is 5.32 Å². The van der Waals surface area contributed by atoms with E-state index in [1.54, 1.807) is 0 Å². The molecule has 4 heteroatoms. The summed E-state index contributed by atoms with van der Waals surface area (Å²) in [5, 5.41) is 3.80. The van der Waals surface area contributed by atoms with Crippen LogP contribution >= 0.6 is 0 Å². The van der Waals surface area contributed by atoms with Gasteiger partial charge in [0.25, 0.3) is 0 Å². The summed E-state index contributed by atoms with van der Waals surface area (Å²) in [4.78, 5) is 0. The van der Waals surface area contributed by atoms with Gasteiger partial charge in [-0.25, -0.2) is 0 Å². The Morgan fingerprint density at radius 1 is 1.24 bits per heavy atom. The maximum Gasteiger partial charge on any atom is 0.0939 e. The van der Waals surface area contributed by atoms with Gasteiger partial charge in [-0.3, -0.25) is 0 Å². The first-order chi connectivity index (χ1) is 10.3. The second-order valence-corrected chi connectivity index (χ2v) is 7.02. The second kappa shape index (κ2) is 7.40. The molecule has 1 N–H and O–H groups in total. The molecule has 4 unspecified atom stereocenters. The molecule has 0 bridgehead atoms. The summed E-state index contributed by atoms with van der Waals surface area (Å²) in [6.07, 6.45) is 8.71. The van der Waals surface area contributed by atoms with Crippen LogP contribution in [0.3, 0.4) is 0 Å². The maximum atomic E-state index is 6.10. The van der Waals surface area contributed by atoms with Crippen molar-refractivity contribution in [2.45, 2.75) is 69.6 Å². The van der Waals surface area contributed by atoms with Crippen LogP contribution < -0.4 is 5.32 Å². The minimum absolute atomic E-state index is 0.0194. The molecule has 0 aromatic heterocycles. The summed E-state index contributed by atoms with van der Waals surface area (Å²) in [7, 11) is 0.